The molecule has 2 N–H and O–H groups in total. The zero-order valence-electron chi connectivity index (χ0n) is 9.82. The average Bonchev–Trinajstić information content (AvgIpc) is 2.68. The molecule has 4 heteroatoms. The van der Waals surface area contributed by atoms with Crippen LogP contribution in [0.15, 0.2) is 0 Å². The maximum atomic E-state index is 11.8. The number of carbonyl (C=O) groups excluding carboxylic acids is 1. The van der Waals surface area contributed by atoms with Crippen LogP contribution in [0.2, 0.25) is 0 Å². The van der Waals surface area contributed by atoms with Crippen molar-refractivity contribution in [1.82, 2.24) is 5.32 Å². The van der Waals surface area contributed by atoms with Crippen LogP contribution in [-0.4, -0.2) is 23.0 Å². The minimum absolute atomic E-state index is 0.0549. The Bertz CT molecular complexity index is 324. The summed E-state index contributed by atoms with van der Waals surface area (Å²) < 4.78 is 0. The number of carboxylic acid groups (broad SMARTS) is 1. The molecule has 0 saturated heterocycles. The maximum absolute atomic E-state index is 11.8. The maximum Gasteiger partial charge on any atom is 0.306 e. The van der Waals surface area contributed by atoms with Gasteiger partial charge in [0.15, 0.2) is 0 Å². The molecule has 0 aromatic rings. The summed E-state index contributed by atoms with van der Waals surface area (Å²) >= 11 is 0. The van der Waals surface area contributed by atoms with Gasteiger partial charge in [0.2, 0.25) is 5.91 Å². The van der Waals surface area contributed by atoms with Gasteiger partial charge in [-0.05, 0) is 31.1 Å². The predicted molar refractivity (Wildman–Crippen MR) is 58.8 cm³/mol. The van der Waals surface area contributed by atoms with Gasteiger partial charge >= 0.3 is 5.97 Å². The Morgan fingerprint density at radius 3 is 2.25 bits per heavy atom. The number of amides is 1. The molecule has 2 fully saturated rings. The van der Waals surface area contributed by atoms with E-state index in [1.165, 1.54) is 0 Å². The van der Waals surface area contributed by atoms with E-state index in [0.717, 1.165) is 12.8 Å². The van der Waals surface area contributed by atoms with Gasteiger partial charge in [-0.25, -0.2) is 0 Å². The summed E-state index contributed by atoms with van der Waals surface area (Å²) in [5.41, 5.74) is 0.237. The first-order valence-electron chi connectivity index (χ1n) is 5.93. The van der Waals surface area contributed by atoms with Crippen LogP contribution in [-0.2, 0) is 9.59 Å². The van der Waals surface area contributed by atoms with E-state index in [4.69, 9.17) is 5.11 Å². The molecule has 0 aliphatic heterocycles. The third kappa shape index (κ3) is 2.20. The summed E-state index contributed by atoms with van der Waals surface area (Å²) in [7, 11) is 0. The fraction of sp³-hybridized carbons (Fsp3) is 0.833. The highest BCUT2D eigenvalue weighted by Crippen LogP contribution is 2.45. The highest BCUT2D eigenvalue weighted by Gasteiger charge is 2.47. The lowest BCUT2D eigenvalue weighted by molar-refractivity contribution is -0.141. The average molecular weight is 225 g/mol. The molecule has 2 rings (SSSR count). The first kappa shape index (κ1) is 11.4. The van der Waals surface area contributed by atoms with Crippen molar-refractivity contribution in [3.63, 3.8) is 0 Å². The van der Waals surface area contributed by atoms with E-state index in [-0.39, 0.29) is 23.2 Å². The summed E-state index contributed by atoms with van der Waals surface area (Å²) in [6.07, 6.45) is 2.90. The zero-order valence-corrected chi connectivity index (χ0v) is 9.82. The van der Waals surface area contributed by atoms with E-state index in [9.17, 15) is 9.59 Å². The number of nitrogens with one attached hydrogen (secondary N) is 1. The standard InChI is InChI=1S/C12H19NO3/c1-12(2)6-9(12)13-10(14)7-3-4-8(5-7)11(15)16/h7-9H,3-6H2,1-2H3,(H,13,14)(H,15,16). The smallest absolute Gasteiger partial charge is 0.306 e. The molecule has 0 aromatic heterocycles. The third-order valence-electron chi connectivity index (χ3n) is 3.98. The Kier molecular flexibility index (Phi) is 2.68. The van der Waals surface area contributed by atoms with Gasteiger partial charge in [0.25, 0.3) is 0 Å². The summed E-state index contributed by atoms with van der Waals surface area (Å²) in [6, 6.07) is 0.295. The molecular weight excluding hydrogens is 206 g/mol. The van der Waals surface area contributed by atoms with Gasteiger partial charge in [-0.2, -0.15) is 0 Å². The molecular formula is C12H19NO3. The number of aliphatic carboxylic acids is 1. The molecule has 1 amide bonds. The lowest BCUT2D eigenvalue weighted by Gasteiger charge is -2.11. The van der Waals surface area contributed by atoms with Gasteiger partial charge in [-0.1, -0.05) is 13.8 Å². The van der Waals surface area contributed by atoms with Gasteiger partial charge in [0, 0.05) is 12.0 Å². The van der Waals surface area contributed by atoms with Crippen LogP contribution >= 0.6 is 0 Å². The fourth-order valence-corrected chi connectivity index (χ4v) is 2.45. The Labute approximate surface area is 95.4 Å². The highest BCUT2D eigenvalue weighted by molar-refractivity contribution is 5.81. The number of hydrogen-bond donors (Lipinski definition) is 2. The van der Waals surface area contributed by atoms with Gasteiger partial charge in [-0.3, -0.25) is 9.59 Å². The molecule has 3 unspecified atom stereocenters. The molecule has 0 radical (unpaired) electrons. The predicted octanol–water partition coefficient (Wildman–Crippen LogP) is 1.40. The van der Waals surface area contributed by atoms with Gasteiger partial charge in [0.1, 0.15) is 0 Å². The van der Waals surface area contributed by atoms with Crippen molar-refractivity contribution in [3.05, 3.63) is 0 Å². The Balaban J connectivity index is 1.81. The monoisotopic (exact) mass is 225 g/mol. The minimum Gasteiger partial charge on any atom is -0.481 e. The molecule has 2 aliphatic carbocycles. The number of rotatable bonds is 3. The molecule has 90 valence electrons. The van der Waals surface area contributed by atoms with Crippen LogP contribution in [0.5, 0.6) is 0 Å². The lowest BCUT2D eigenvalue weighted by atomic mass is 10.0. The molecule has 0 heterocycles. The molecule has 4 nitrogen and oxygen atoms in total. The van der Waals surface area contributed by atoms with Crippen molar-refractivity contribution in [2.45, 2.75) is 45.6 Å². The lowest BCUT2D eigenvalue weighted by Crippen LogP contribution is -2.33. The third-order valence-corrected chi connectivity index (χ3v) is 3.98. The van der Waals surface area contributed by atoms with Crippen LogP contribution in [0.25, 0.3) is 0 Å². The topological polar surface area (TPSA) is 66.4 Å². The van der Waals surface area contributed by atoms with Gasteiger partial charge < -0.3 is 10.4 Å². The summed E-state index contributed by atoms with van der Waals surface area (Å²) in [6.45, 7) is 4.26. The van der Waals surface area contributed by atoms with E-state index in [2.05, 4.69) is 19.2 Å². The summed E-state index contributed by atoms with van der Waals surface area (Å²) in [5, 5.41) is 11.9. The van der Waals surface area contributed by atoms with Crippen molar-refractivity contribution in [2.75, 3.05) is 0 Å². The van der Waals surface area contributed by atoms with Crippen molar-refractivity contribution in [2.24, 2.45) is 17.3 Å². The molecule has 0 spiro atoms. The van der Waals surface area contributed by atoms with Gasteiger partial charge in [0.05, 0.1) is 5.92 Å². The second kappa shape index (κ2) is 3.75. The number of carboxylic acids is 1. The Morgan fingerprint density at radius 1 is 1.25 bits per heavy atom. The van der Waals surface area contributed by atoms with Crippen LogP contribution in [0.3, 0.4) is 0 Å². The van der Waals surface area contributed by atoms with E-state index < -0.39 is 5.97 Å². The molecule has 2 aliphatic rings. The van der Waals surface area contributed by atoms with Crippen molar-refractivity contribution in [3.8, 4) is 0 Å². The van der Waals surface area contributed by atoms with Crippen LogP contribution in [0.4, 0.5) is 0 Å². The minimum atomic E-state index is -0.762. The molecule has 16 heavy (non-hydrogen) atoms. The summed E-state index contributed by atoms with van der Waals surface area (Å²) in [5.74, 6) is -1.11. The second-order valence-electron chi connectivity index (χ2n) is 5.80. The Hall–Kier alpha value is -1.06. The quantitative estimate of drug-likeness (QED) is 0.763. The van der Waals surface area contributed by atoms with Gasteiger partial charge in [-0.15, -0.1) is 0 Å². The van der Waals surface area contributed by atoms with Crippen molar-refractivity contribution >= 4 is 11.9 Å². The van der Waals surface area contributed by atoms with E-state index in [0.29, 0.717) is 18.9 Å². The normalized spacial score (nSPS) is 35.8. The first-order chi connectivity index (χ1) is 7.40. The molecule has 2 saturated carbocycles. The second-order valence-corrected chi connectivity index (χ2v) is 5.80. The van der Waals surface area contributed by atoms with Crippen LogP contribution in [0, 0.1) is 17.3 Å². The SMILES string of the molecule is CC1(C)CC1NC(=O)C1CCC(C(=O)O)C1. The van der Waals surface area contributed by atoms with Crippen molar-refractivity contribution < 1.29 is 14.7 Å². The number of hydrogen-bond acceptors (Lipinski definition) is 2. The number of carbonyl (C=O) groups is 2. The molecule has 3 atom stereocenters. The molecule has 0 aromatic carbocycles. The van der Waals surface area contributed by atoms with E-state index in [1.807, 2.05) is 0 Å². The van der Waals surface area contributed by atoms with Crippen LogP contribution in [0.1, 0.15) is 39.5 Å². The van der Waals surface area contributed by atoms with E-state index >= 15 is 0 Å². The Morgan fingerprint density at radius 2 is 1.81 bits per heavy atom. The van der Waals surface area contributed by atoms with Crippen LogP contribution < -0.4 is 5.32 Å². The molecule has 0 bridgehead atoms. The fourth-order valence-electron chi connectivity index (χ4n) is 2.45. The summed E-state index contributed by atoms with van der Waals surface area (Å²) in [4.78, 5) is 22.6. The largest absolute Gasteiger partial charge is 0.481 e. The van der Waals surface area contributed by atoms with Crippen molar-refractivity contribution in [1.29, 1.82) is 0 Å². The van der Waals surface area contributed by atoms with E-state index in [1.54, 1.807) is 0 Å². The first-order valence-corrected chi connectivity index (χ1v) is 5.93. The highest BCUT2D eigenvalue weighted by atomic mass is 16.4. The zero-order chi connectivity index (χ0) is 11.9.